The van der Waals surface area contributed by atoms with Crippen molar-refractivity contribution in [2.75, 3.05) is 0 Å². The van der Waals surface area contributed by atoms with E-state index in [0.717, 1.165) is 18.4 Å². The molecule has 1 aromatic carbocycles. The highest BCUT2D eigenvalue weighted by molar-refractivity contribution is 5.88. The molecule has 1 saturated carbocycles. The summed E-state index contributed by atoms with van der Waals surface area (Å²) in [6.45, 7) is 0.568. The lowest BCUT2D eigenvalue weighted by molar-refractivity contribution is -0.117. The van der Waals surface area contributed by atoms with Gasteiger partial charge >= 0.3 is 0 Å². The molecule has 1 aliphatic rings. The number of nitrogens with zero attached hydrogens (tertiary/aromatic N) is 3. The third-order valence-corrected chi connectivity index (χ3v) is 4.19. The minimum absolute atomic E-state index is 0.0177. The van der Waals surface area contributed by atoms with Gasteiger partial charge in [-0.25, -0.2) is 4.98 Å². The number of allylic oxidation sites excluding steroid dienone is 1. The van der Waals surface area contributed by atoms with Crippen molar-refractivity contribution >= 4 is 5.91 Å². The maximum Gasteiger partial charge on any atom is 0.244 e. The number of rotatable bonds is 5. The van der Waals surface area contributed by atoms with Crippen LogP contribution in [0.25, 0.3) is 0 Å². The third-order valence-electron chi connectivity index (χ3n) is 4.19. The van der Waals surface area contributed by atoms with E-state index in [9.17, 15) is 4.79 Å². The molecular formula is C18H22N4O. The Morgan fingerprint density at radius 3 is 2.70 bits per heavy atom. The van der Waals surface area contributed by atoms with Crippen LogP contribution in [0.2, 0.25) is 0 Å². The third kappa shape index (κ3) is 4.52. The van der Waals surface area contributed by atoms with Gasteiger partial charge in [-0.15, -0.1) is 0 Å². The van der Waals surface area contributed by atoms with Crippen LogP contribution in [0.3, 0.4) is 0 Å². The van der Waals surface area contributed by atoms with Crippen molar-refractivity contribution in [3.8, 4) is 0 Å². The molecule has 1 heterocycles. The van der Waals surface area contributed by atoms with Gasteiger partial charge in [-0.2, -0.15) is 5.10 Å². The first-order valence-electron chi connectivity index (χ1n) is 8.18. The Kier molecular flexibility index (Phi) is 5.19. The van der Waals surface area contributed by atoms with Crippen LogP contribution in [0.4, 0.5) is 0 Å². The van der Waals surface area contributed by atoms with E-state index in [1.807, 2.05) is 30.3 Å². The van der Waals surface area contributed by atoms with Crippen molar-refractivity contribution in [1.82, 2.24) is 20.1 Å². The summed E-state index contributed by atoms with van der Waals surface area (Å²) in [5.74, 6) is -0.0177. The lowest BCUT2D eigenvalue weighted by atomic mass is 9.94. The predicted octanol–water partition coefficient (Wildman–Crippen LogP) is 3.03. The molecule has 23 heavy (non-hydrogen) atoms. The number of benzene rings is 1. The van der Waals surface area contributed by atoms with Crippen molar-refractivity contribution in [3.05, 3.63) is 60.2 Å². The summed E-state index contributed by atoms with van der Waals surface area (Å²) in [6, 6.07) is 9.86. The van der Waals surface area contributed by atoms with Crippen LogP contribution in [0, 0.1) is 0 Å². The fourth-order valence-electron chi connectivity index (χ4n) is 2.98. The van der Waals surface area contributed by atoms with Crippen molar-refractivity contribution in [2.45, 2.75) is 44.7 Å². The Balaban J connectivity index is 1.71. The summed E-state index contributed by atoms with van der Waals surface area (Å²) >= 11 is 0. The summed E-state index contributed by atoms with van der Waals surface area (Å²) in [5, 5.41) is 7.26. The molecule has 0 aliphatic heterocycles. The van der Waals surface area contributed by atoms with E-state index >= 15 is 0 Å². The van der Waals surface area contributed by atoms with Gasteiger partial charge in [0.2, 0.25) is 5.91 Å². The van der Waals surface area contributed by atoms with Crippen molar-refractivity contribution < 1.29 is 4.79 Å². The highest BCUT2D eigenvalue weighted by Gasteiger charge is 2.15. The summed E-state index contributed by atoms with van der Waals surface area (Å²) in [5.41, 5.74) is 2.33. The molecule has 5 heteroatoms. The summed E-state index contributed by atoms with van der Waals surface area (Å²) in [4.78, 5) is 16.4. The Hall–Kier alpha value is -2.43. The molecule has 1 aromatic heterocycles. The average Bonchev–Trinajstić information content (AvgIpc) is 3.09. The Labute approximate surface area is 136 Å². The monoisotopic (exact) mass is 310 g/mol. The van der Waals surface area contributed by atoms with Gasteiger partial charge in [-0.05, 0) is 31.2 Å². The predicted molar refractivity (Wildman–Crippen MR) is 88.5 cm³/mol. The number of amides is 1. The molecule has 1 amide bonds. The number of nitrogens with one attached hydrogen (secondary N) is 1. The van der Waals surface area contributed by atoms with Crippen LogP contribution in [0.1, 0.15) is 43.7 Å². The van der Waals surface area contributed by atoms with Crippen molar-refractivity contribution in [2.24, 2.45) is 0 Å². The topological polar surface area (TPSA) is 59.8 Å². The quantitative estimate of drug-likeness (QED) is 0.864. The molecule has 0 spiro atoms. The van der Waals surface area contributed by atoms with Crippen LogP contribution in [0.5, 0.6) is 0 Å². The Morgan fingerprint density at radius 1 is 1.22 bits per heavy atom. The molecule has 0 bridgehead atoms. The molecule has 0 radical (unpaired) electrons. The second-order valence-corrected chi connectivity index (χ2v) is 5.95. The van der Waals surface area contributed by atoms with Gasteiger partial charge in [-0.1, -0.05) is 42.3 Å². The minimum atomic E-state index is -0.120. The maximum atomic E-state index is 12.4. The van der Waals surface area contributed by atoms with E-state index in [2.05, 4.69) is 15.4 Å². The molecule has 1 N–H and O–H groups in total. The smallest absolute Gasteiger partial charge is 0.244 e. The minimum Gasteiger partial charge on any atom is -0.344 e. The van der Waals surface area contributed by atoms with Crippen LogP contribution in [-0.2, 0) is 11.3 Å². The number of hydrogen-bond acceptors (Lipinski definition) is 3. The highest BCUT2D eigenvalue weighted by Crippen LogP contribution is 2.22. The fraction of sp³-hybridized carbons (Fsp3) is 0.389. The van der Waals surface area contributed by atoms with Gasteiger partial charge in [0.15, 0.2) is 0 Å². The highest BCUT2D eigenvalue weighted by atomic mass is 16.1. The summed E-state index contributed by atoms with van der Waals surface area (Å²) < 4.78 is 1.74. The molecule has 0 unspecified atom stereocenters. The first-order valence-corrected chi connectivity index (χ1v) is 8.18. The van der Waals surface area contributed by atoms with Crippen molar-refractivity contribution in [1.29, 1.82) is 0 Å². The molecule has 2 aromatic rings. The fourth-order valence-corrected chi connectivity index (χ4v) is 2.98. The van der Waals surface area contributed by atoms with Crippen LogP contribution < -0.4 is 5.32 Å². The molecular weight excluding hydrogens is 288 g/mol. The SMILES string of the molecule is O=C(C=C1CCCCC1)N[C@H](Cn1cncn1)c1ccccc1. The molecule has 1 atom stereocenters. The van der Waals surface area contributed by atoms with Crippen LogP contribution in [0.15, 0.2) is 54.6 Å². The van der Waals surface area contributed by atoms with E-state index in [1.165, 1.54) is 31.2 Å². The van der Waals surface area contributed by atoms with E-state index in [-0.39, 0.29) is 11.9 Å². The lowest BCUT2D eigenvalue weighted by Gasteiger charge is -2.19. The summed E-state index contributed by atoms with van der Waals surface area (Å²) in [7, 11) is 0. The number of carbonyl (C=O) groups is 1. The molecule has 5 nitrogen and oxygen atoms in total. The second kappa shape index (κ2) is 7.72. The largest absolute Gasteiger partial charge is 0.344 e. The van der Waals surface area contributed by atoms with Gasteiger partial charge in [0.05, 0.1) is 12.6 Å². The number of hydrogen-bond donors (Lipinski definition) is 1. The number of carbonyl (C=O) groups excluding carboxylic acids is 1. The summed E-state index contributed by atoms with van der Waals surface area (Å²) in [6.07, 6.45) is 10.7. The lowest BCUT2D eigenvalue weighted by Crippen LogP contribution is -2.30. The average molecular weight is 310 g/mol. The first kappa shape index (κ1) is 15.5. The van der Waals surface area contributed by atoms with E-state index in [4.69, 9.17) is 0 Å². The van der Waals surface area contributed by atoms with Gasteiger partial charge in [0.25, 0.3) is 0 Å². The second-order valence-electron chi connectivity index (χ2n) is 5.95. The Morgan fingerprint density at radius 2 is 2.00 bits per heavy atom. The van der Waals surface area contributed by atoms with E-state index in [0.29, 0.717) is 6.54 Å². The Bertz CT molecular complexity index is 641. The van der Waals surface area contributed by atoms with Gasteiger partial charge < -0.3 is 5.32 Å². The van der Waals surface area contributed by atoms with E-state index < -0.39 is 0 Å². The van der Waals surface area contributed by atoms with Gasteiger partial charge in [-0.3, -0.25) is 9.48 Å². The zero-order valence-electron chi connectivity index (χ0n) is 13.2. The zero-order chi connectivity index (χ0) is 15.9. The van der Waals surface area contributed by atoms with Gasteiger partial charge in [0.1, 0.15) is 12.7 Å². The number of aromatic nitrogens is 3. The van der Waals surface area contributed by atoms with E-state index in [1.54, 1.807) is 17.1 Å². The van der Waals surface area contributed by atoms with Crippen LogP contribution >= 0.6 is 0 Å². The molecule has 1 fully saturated rings. The standard InChI is InChI=1S/C18H22N4O/c23-18(11-15-7-3-1-4-8-15)21-17(12-22-14-19-13-20-22)16-9-5-2-6-10-16/h2,5-6,9-11,13-14,17H,1,3-4,7-8,12H2,(H,21,23)/t17-/m1/s1. The molecule has 0 saturated heterocycles. The van der Waals surface area contributed by atoms with Crippen LogP contribution in [-0.4, -0.2) is 20.7 Å². The molecule has 1 aliphatic carbocycles. The molecule has 3 rings (SSSR count). The van der Waals surface area contributed by atoms with Gasteiger partial charge in [0, 0.05) is 6.08 Å². The maximum absolute atomic E-state index is 12.4. The molecule has 120 valence electrons. The zero-order valence-corrected chi connectivity index (χ0v) is 13.2. The normalized spacial score (nSPS) is 15.9. The first-order chi connectivity index (χ1) is 11.3. The van der Waals surface area contributed by atoms with Crippen molar-refractivity contribution in [3.63, 3.8) is 0 Å².